The van der Waals surface area contributed by atoms with E-state index < -0.39 is 0 Å². The highest BCUT2D eigenvalue weighted by Crippen LogP contribution is 2.40. The van der Waals surface area contributed by atoms with E-state index in [-0.39, 0.29) is 5.41 Å². The van der Waals surface area contributed by atoms with Gasteiger partial charge < -0.3 is 0 Å². The molecule has 1 atom stereocenters. The van der Waals surface area contributed by atoms with Crippen molar-refractivity contribution in [2.45, 2.75) is 43.9 Å². The summed E-state index contributed by atoms with van der Waals surface area (Å²) in [6.45, 7) is 0. The van der Waals surface area contributed by atoms with E-state index in [4.69, 9.17) is 0 Å². The van der Waals surface area contributed by atoms with E-state index >= 15 is 0 Å². The third-order valence-electron chi connectivity index (χ3n) is 4.71. The summed E-state index contributed by atoms with van der Waals surface area (Å²) < 4.78 is 0. The number of hydrogen-bond acceptors (Lipinski definition) is 1. The largest absolute Gasteiger partial charge is 0.197 e. The van der Waals surface area contributed by atoms with Crippen LogP contribution in [0.2, 0.25) is 0 Å². The molecule has 0 N–H and O–H groups in total. The van der Waals surface area contributed by atoms with Gasteiger partial charge in [-0.3, -0.25) is 0 Å². The molecule has 0 spiro atoms. The van der Waals surface area contributed by atoms with Crippen molar-refractivity contribution in [3.05, 3.63) is 71.3 Å². The van der Waals surface area contributed by atoms with Crippen LogP contribution in [0, 0.1) is 11.3 Å². The molecule has 3 rings (SSSR count). The summed E-state index contributed by atoms with van der Waals surface area (Å²) in [4.78, 5) is 0. The molecule has 2 aromatic rings. The van der Waals surface area contributed by atoms with Gasteiger partial charge in [0.2, 0.25) is 0 Å². The predicted octanol–water partition coefficient (Wildman–Crippen LogP) is 4.81. The minimum atomic E-state index is -0.260. The SMILES string of the molecule is N#CC1(CCCc2ccccc2)CCCc2ccccc21. The van der Waals surface area contributed by atoms with Crippen LogP contribution >= 0.6 is 0 Å². The molecular weight excluding hydrogens is 254 g/mol. The molecule has 1 unspecified atom stereocenters. The topological polar surface area (TPSA) is 23.8 Å². The Labute approximate surface area is 127 Å². The van der Waals surface area contributed by atoms with Gasteiger partial charge in [-0.15, -0.1) is 0 Å². The van der Waals surface area contributed by atoms with E-state index in [1.165, 1.54) is 16.7 Å². The summed E-state index contributed by atoms with van der Waals surface area (Å²) in [7, 11) is 0. The molecule has 0 aromatic heterocycles. The van der Waals surface area contributed by atoms with E-state index in [2.05, 4.69) is 60.7 Å². The molecule has 1 nitrogen and oxygen atoms in total. The van der Waals surface area contributed by atoms with Gasteiger partial charge in [0, 0.05) is 0 Å². The lowest BCUT2D eigenvalue weighted by atomic mass is 9.68. The van der Waals surface area contributed by atoms with Gasteiger partial charge in [-0.1, -0.05) is 54.6 Å². The fraction of sp³-hybridized carbons (Fsp3) is 0.350. The molecule has 0 fully saturated rings. The summed E-state index contributed by atoms with van der Waals surface area (Å²) in [5.74, 6) is 0. The van der Waals surface area contributed by atoms with Crippen molar-refractivity contribution in [1.29, 1.82) is 5.26 Å². The first-order valence-corrected chi connectivity index (χ1v) is 7.88. The lowest BCUT2D eigenvalue weighted by molar-refractivity contribution is 0.411. The number of benzene rings is 2. The molecule has 0 amide bonds. The van der Waals surface area contributed by atoms with Crippen LogP contribution in [0.4, 0.5) is 0 Å². The van der Waals surface area contributed by atoms with Crippen LogP contribution in [0.3, 0.4) is 0 Å². The Balaban J connectivity index is 1.75. The van der Waals surface area contributed by atoms with Gasteiger partial charge in [0.05, 0.1) is 11.5 Å². The van der Waals surface area contributed by atoms with Crippen molar-refractivity contribution in [3.8, 4) is 6.07 Å². The van der Waals surface area contributed by atoms with Gasteiger partial charge in [0.1, 0.15) is 0 Å². The Morgan fingerprint density at radius 3 is 2.57 bits per heavy atom. The first-order chi connectivity index (χ1) is 10.3. The maximum absolute atomic E-state index is 9.84. The molecular formula is C20H21N. The van der Waals surface area contributed by atoms with Crippen LogP contribution in [-0.4, -0.2) is 0 Å². The zero-order chi connectivity index (χ0) is 14.5. The van der Waals surface area contributed by atoms with E-state index in [0.29, 0.717) is 0 Å². The maximum Gasteiger partial charge on any atom is 0.0825 e. The number of aryl methyl sites for hydroxylation is 2. The second-order valence-electron chi connectivity index (χ2n) is 6.04. The number of nitriles is 1. The summed E-state index contributed by atoms with van der Waals surface area (Å²) in [6, 6.07) is 21.8. The molecule has 1 aliphatic carbocycles. The number of nitrogens with zero attached hydrogens (tertiary/aromatic N) is 1. The zero-order valence-electron chi connectivity index (χ0n) is 12.4. The first-order valence-electron chi connectivity index (χ1n) is 7.88. The van der Waals surface area contributed by atoms with Crippen molar-refractivity contribution in [2.24, 2.45) is 0 Å². The normalized spacial score (nSPS) is 20.5. The lowest BCUT2D eigenvalue weighted by Crippen LogP contribution is -2.29. The van der Waals surface area contributed by atoms with Crippen LogP contribution in [0.5, 0.6) is 0 Å². The Morgan fingerprint density at radius 2 is 1.76 bits per heavy atom. The average molecular weight is 275 g/mol. The molecule has 1 heteroatoms. The minimum absolute atomic E-state index is 0.260. The van der Waals surface area contributed by atoms with Gasteiger partial charge in [0.15, 0.2) is 0 Å². The van der Waals surface area contributed by atoms with Gasteiger partial charge in [-0.2, -0.15) is 5.26 Å². The van der Waals surface area contributed by atoms with E-state index in [9.17, 15) is 5.26 Å². The molecule has 0 aliphatic heterocycles. The summed E-state index contributed by atoms with van der Waals surface area (Å²) in [5.41, 5.74) is 3.77. The molecule has 0 saturated heterocycles. The second-order valence-corrected chi connectivity index (χ2v) is 6.04. The van der Waals surface area contributed by atoms with Crippen LogP contribution in [0.25, 0.3) is 0 Å². The number of hydrogen-bond donors (Lipinski definition) is 0. The average Bonchev–Trinajstić information content (AvgIpc) is 2.56. The van der Waals surface area contributed by atoms with Crippen molar-refractivity contribution < 1.29 is 0 Å². The van der Waals surface area contributed by atoms with Crippen molar-refractivity contribution >= 4 is 0 Å². The number of rotatable bonds is 4. The zero-order valence-corrected chi connectivity index (χ0v) is 12.4. The molecule has 106 valence electrons. The molecule has 0 radical (unpaired) electrons. The molecule has 0 bridgehead atoms. The minimum Gasteiger partial charge on any atom is -0.197 e. The fourth-order valence-corrected chi connectivity index (χ4v) is 3.59. The fourth-order valence-electron chi connectivity index (χ4n) is 3.59. The quantitative estimate of drug-likeness (QED) is 0.785. The van der Waals surface area contributed by atoms with Crippen LogP contribution in [0.15, 0.2) is 54.6 Å². The van der Waals surface area contributed by atoms with Gasteiger partial charge in [0.25, 0.3) is 0 Å². The Morgan fingerprint density at radius 1 is 1.00 bits per heavy atom. The molecule has 0 saturated carbocycles. The molecule has 0 heterocycles. The Kier molecular flexibility index (Phi) is 4.06. The highest BCUT2D eigenvalue weighted by Gasteiger charge is 2.35. The standard InChI is InChI=1S/C20H21N/c21-16-20(14-6-10-17-8-2-1-3-9-17)15-7-12-18-11-4-5-13-19(18)20/h1-5,8-9,11,13H,6-7,10,12,14-15H2. The summed E-state index contributed by atoms with van der Waals surface area (Å²) in [5, 5.41) is 9.84. The van der Waals surface area contributed by atoms with E-state index in [1.807, 2.05) is 0 Å². The second kappa shape index (κ2) is 6.14. The monoisotopic (exact) mass is 275 g/mol. The van der Waals surface area contributed by atoms with Crippen LogP contribution in [-0.2, 0) is 18.3 Å². The van der Waals surface area contributed by atoms with Crippen molar-refractivity contribution in [3.63, 3.8) is 0 Å². The van der Waals surface area contributed by atoms with Crippen molar-refractivity contribution in [2.75, 3.05) is 0 Å². The highest BCUT2D eigenvalue weighted by molar-refractivity contribution is 5.41. The van der Waals surface area contributed by atoms with Gasteiger partial charge in [-0.05, 0) is 55.2 Å². The predicted molar refractivity (Wildman–Crippen MR) is 86.1 cm³/mol. The third-order valence-corrected chi connectivity index (χ3v) is 4.71. The summed E-state index contributed by atoms with van der Waals surface area (Å²) in [6.07, 6.45) is 6.37. The summed E-state index contributed by atoms with van der Waals surface area (Å²) >= 11 is 0. The van der Waals surface area contributed by atoms with Crippen LogP contribution < -0.4 is 0 Å². The van der Waals surface area contributed by atoms with Crippen molar-refractivity contribution in [1.82, 2.24) is 0 Å². The van der Waals surface area contributed by atoms with Gasteiger partial charge in [-0.25, -0.2) is 0 Å². The first kappa shape index (κ1) is 13.9. The smallest absolute Gasteiger partial charge is 0.0825 e. The van der Waals surface area contributed by atoms with Gasteiger partial charge >= 0.3 is 0 Å². The Bertz CT molecular complexity index is 638. The van der Waals surface area contributed by atoms with E-state index in [1.54, 1.807) is 0 Å². The number of fused-ring (bicyclic) bond motifs is 1. The third kappa shape index (κ3) is 2.85. The maximum atomic E-state index is 9.84. The van der Waals surface area contributed by atoms with E-state index in [0.717, 1.165) is 38.5 Å². The highest BCUT2D eigenvalue weighted by atomic mass is 14.4. The van der Waals surface area contributed by atoms with Crippen LogP contribution in [0.1, 0.15) is 42.4 Å². The molecule has 1 aliphatic rings. The molecule has 2 aromatic carbocycles. The lowest BCUT2D eigenvalue weighted by Gasteiger charge is -2.33. The Hall–Kier alpha value is -2.07. The molecule has 21 heavy (non-hydrogen) atoms.